The Morgan fingerprint density at radius 1 is 1.21 bits per heavy atom. The molecule has 0 radical (unpaired) electrons. The number of alkyl halides is 2. The molecule has 0 aliphatic rings. The van der Waals surface area contributed by atoms with Crippen LogP contribution in [0, 0.1) is 6.92 Å². The molecule has 0 unspecified atom stereocenters. The van der Waals surface area contributed by atoms with Gasteiger partial charge in [-0.25, -0.2) is 4.98 Å². The lowest BCUT2D eigenvalue weighted by atomic mass is 10.1. The quantitative estimate of drug-likeness (QED) is 0.528. The summed E-state index contributed by atoms with van der Waals surface area (Å²) >= 11 is 0. The molecule has 0 N–H and O–H groups in total. The van der Waals surface area contributed by atoms with Crippen molar-refractivity contribution in [1.29, 1.82) is 0 Å². The topological polar surface area (TPSA) is 74.5 Å². The number of ether oxygens (including phenoxy) is 2. The molecule has 152 valence electrons. The van der Waals surface area contributed by atoms with Gasteiger partial charge in [0.1, 0.15) is 12.0 Å². The van der Waals surface area contributed by atoms with Gasteiger partial charge in [-0.1, -0.05) is 6.07 Å². The zero-order valence-electron chi connectivity index (χ0n) is 16.0. The van der Waals surface area contributed by atoms with Gasteiger partial charge < -0.3 is 13.9 Å². The molecular weight excluding hydrogens is 382 g/mol. The zero-order chi connectivity index (χ0) is 20.8. The van der Waals surface area contributed by atoms with Crippen LogP contribution in [-0.4, -0.2) is 29.0 Å². The lowest BCUT2D eigenvalue weighted by molar-refractivity contribution is -0.117. The Balaban J connectivity index is 1.73. The van der Waals surface area contributed by atoms with Gasteiger partial charge >= 0.3 is 6.61 Å². The summed E-state index contributed by atoms with van der Waals surface area (Å²) in [6.07, 6.45) is 3.37. The molecule has 3 rings (SSSR count). The SMILES string of the molecule is CCOc1cc(-c2nc(CC(=O)Cc3ncccc3C)co2)ccc1OC(F)F. The van der Waals surface area contributed by atoms with Crippen molar-refractivity contribution >= 4 is 5.78 Å². The van der Waals surface area contributed by atoms with Gasteiger partial charge in [0, 0.05) is 18.2 Å². The van der Waals surface area contributed by atoms with E-state index in [1.165, 1.54) is 24.5 Å². The van der Waals surface area contributed by atoms with E-state index < -0.39 is 6.61 Å². The Morgan fingerprint density at radius 2 is 2.03 bits per heavy atom. The van der Waals surface area contributed by atoms with Crippen LogP contribution < -0.4 is 9.47 Å². The van der Waals surface area contributed by atoms with E-state index in [0.717, 1.165) is 11.3 Å². The highest BCUT2D eigenvalue weighted by Gasteiger charge is 2.16. The number of rotatable bonds is 9. The van der Waals surface area contributed by atoms with E-state index in [1.807, 2.05) is 19.1 Å². The molecule has 0 atom stereocenters. The number of carbonyl (C=O) groups is 1. The van der Waals surface area contributed by atoms with Crippen LogP contribution in [0.15, 0.2) is 47.2 Å². The molecule has 0 bridgehead atoms. The van der Waals surface area contributed by atoms with Gasteiger partial charge in [0.05, 0.1) is 24.4 Å². The number of nitrogens with zero attached hydrogens (tertiary/aromatic N) is 2. The fourth-order valence-corrected chi connectivity index (χ4v) is 2.78. The highest BCUT2D eigenvalue weighted by atomic mass is 19.3. The average molecular weight is 402 g/mol. The minimum absolute atomic E-state index is 0.0395. The van der Waals surface area contributed by atoms with E-state index in [4.69, 9.17) is 9.15 Å². The summed E-state index contributed by atoms with van der Waals surface area (Å²) in [6, 6.07) is 8.14. The number of ketones is 1. The second kappa shape index (κ2) is 9.27. The van der Waals surface area contributed by atoms with Gasteiger partial charge in [0.2, 0.25) is 5.89 Å². The second-order valence-corrected chi connectivity index (χ2v) is 6.28. The van der Waals surface area contributed by atoms with Gasteiger partial charge in [0.15, 0.2) is 11.5 Å². The smallest absolute Gasteiger partial charge is 0.387 e. The minimum Gasteiger partial charge on any atom is -0.490 e. The predicted molar refractivity (Wildman–Crippen MR) is 101 cm³/mol. The van der Waals surface area contributed by atoms with E-state index in [2.05, 4.69) is 14.7 Å². The lowest BCUT2D eigenvalue weighted by Crippen LogP contribution is -2.09. The van der Waals surface area contributed by atoms with Crippen LogP contribution >= 0.6 is 0 Å². The van der Waals surface area contributed by atoms with E-state index in [1.54, 1.807) is 13.1 Å². The zero-order valence-corrected chi connectivity index (χ0v) is 16.0. The highest BCUT2D eigenvalue weighted by molar-refractivity contribution is 5.82. The van der Waals surface area contributed by atoms with Crippen molar-refractivity contribution in [1.82, 2.24) is 9.97 Å². The second-order valence-electron chi connectivity index (χ2n) is 6.28. The normalized spacial score (nSPS) is 10.9. The maximum atomic E-state index is 12.5. The molecule has 0 aliphatic heterocycles. The van der Waals surface area contributed by atoms with E-state index in [0.29, 0.717) is 11.3 Å². The van der Waals surface area contributed by atoms with Crippen LogP contribution in [0.2, 0.25) is 0 Å². The van der Waals surface area contributed by atoms with Crippen molar-refractivity contribution in [2.24, 2.45) is 0 Å². The number of benzene rings is 1. The first-order valence-electron chi connectivity index (χ1n) is 9.05. The Kier molecular flexibility index (Phi) is 6.54. The average Bonchev–Trinajstić information content (AvgIpc) is 3.13. The summed E-state index contributed by atoms with van der Waals surface area (Å²) in [5, 5.41) is 0. The lowest BCUT2D eigenvalue weighted by Gasteiger charge is -2.11. The molecule has 0 amide bonds. The Bertz CT molecular complexity index is 988. The Morgan fingerprint density at radius 3 is 2.76 bits per heavy atom. The summed E-state index contributed by atoms with van der Waals surface area (Å²) in [7, 11) is 0. The van der Waals surface area contributed by atoms with Crippen LogP contribution in [0.5, 0.6) is 11.5 Å². The van der Waals surface area contributed by atoms with Crippen LogP contribution in [0.1, 0.15) is 23.9 Å². The van der Waals surface area contributed by atoms with Crippen molar-refractivity contribution < 1.29 is 27.5 Å². The maximum Gasteiger partial charge on any atom is 0.387 e. The first-order valence-corrected chi connectivity index (χ1v) is 9.05. The molecule has 0 fully saturated rings. The fourth-order valence-electron chi connectivity index (χ4n) is 2.78. The fraction of sp³-hybridized carbons (Fsp3) is 0.286. The van der Waals surface area contributed by atoms with Gasteiger partial charge in [-0.15, -0.1) is 0 Å². The third-order valence-corrected chi connectivity index (χ3v) is 4.12. The van der Waals surface area contributed by atoms with Crippen LogP contribution in [0.25, 0.3) is 11.5 Å². The monoisotopic (exact) mass is 402 g/mol. The molecule has 6 nitrogen and oxygen atoms in total. The summed E-state index contributed by atoms with van der Waals surface area (Å²) in [5.41, 5.74) is 2.69. The number of carbonyl (C=O) groups excluding carboxylic acids is 1. The predicted octanol–water partition coefficient (Wildman–Crippen LogP) is 4.40. The van der Waals surface area contributed by atoms with Crippen molar-refractivity contribution in [2.75, 3.05) is 6.61 Å². The van der Waals surface area contributed by atoms with E-state index in [-0.39, 0.29) is 42.6 Å². The number of hydrogen-bond acceptors (Lipinski definition) is 6. The van der Waals surface area contributed by atoms with Gasteiger partial charge in [-0.05, 0) is 43.7 Å². The first kappa shape index (κ1) is 20.4. The first-order chi connectivity index (χ1) is 14.0. The van der Waals surface area contributed by atoms with E-state index in [9.17, 15) is 13.6 Å². The number of pyridine rings is 1. The molecular formula is C21H20F2N2O4. The molecule has 2 aromatic heterocycles. The summed E-state index contributed by atoms with van der Waals surface area (Å²) in [4.78, 5) is 20.9. The number of aryl methyl sites for hydroxylation is 1. The number of hydrogen-bond donors (Lipinski definition) is 0. The highest BCUT2D eigenvalue weighted by Crippen LogP contribution is 2.33. The van der Waals surface area contributed by atoms with E-state index >= 15 is 0 Å². The third kappa shape index (κ3) is 5.37. The molecule has 3 aromatic rings. The molecule has 0 saturated heterocycles. The van der Waals surface area contributed by atoms with Crippen LogP contribution in [0.3, 0.4) is 0 Å². The molecule has 0 spiro atoms. The molecule has 0 saturated carbocycles. The number of aromatic nitrogens is 2. The Hall–Kier alpha value is -3.29. The standard InChI is InChI=1S/C21H20F2N2O4/c1-3-27-19-9-14(6-7-18(19)29-21(22)23)20-25-15(12-28-20)10-16(26)11-17-13(2)5-4-8-24-17/h4-9,12,21H,3,10-11H2,1-2H3. The maximum absolute atomic E-state index is 12.5. The van der Waals surface area contributed by atoms with Crippen molar-refractivity contribution in [3.8, 4) is 23.0 Å². The number of halogens is 2. The summed E-state index contributed by atoms with van der Waals surface area (Å²) in [6.45, 7) is 0.960. The number of Topliss-reactive ketones (excluding diaryl/α,β-unsaturated/α-hetero) is 1. The van der Waals surface area contributed by atoms with Crippen molar-refractivity contribution in [3.05, 3.63) is 59.7 Å². The molecule has 29 heavy (non-hydrogen) atoms. The van der Waals surface area contributed by atoms with Crippen LogP contribution in [-0.2, 0) is 17.6 Å². The minimum atomic E-state index is -2.96. The van der Waals surface area contributed by atoms with Gasteiger partial charge in [-0.3, -0.25) is 9.78 Å². The molecule has 2 heterocycles. The summed E-state index contributed by atoms with van der Waals surface area (Å²) in [5.74, 6) is 0.304. The van der Waals surface area contributed by atoms with Crippen molar-refractivity contribution in [2.45, 2.75) is 33.3 Å². The summed E-state index contributed by atoms with van der Waals surface area (Å²) < 4.78 is 40.3. The molecule has 8 heteroatoms. The van der Waals surface area contributed by atoms with Crippen LogP contribution in [0.4, 0.5) is 8.78 Å². The molecule has 0 aliphatic carbocycles. The van der Waals surface area contributed by atoms with Crippen molar-refractivity contribution in [3.63, 3.8) is 0 Å². The third-order valence-electron chi connectivity index (χ3n) is 4.12. The number of oxazole rings is 1. The largest absolute Gasteiger partial charge is 0.490 e. The van der Waals surface area contributed by atoms with Gasteiger partial charge in [0.25, 0.3) is 0 Å². The molecule has 1 aromatic carbocycles. The Labute approximate surface area is 166 Å². The van der Waals surface area contributed by atoms with Gasteiger partial charge in [-0.2, -0.15) is 8.78 Å².